The fraction of sp³-hybridized carbons (Fsp3) is 0.385. The van der Waals surface area contributed by atoms with Crippen molar-refractivity contribution in [1.29, 1.82) is 0 Å². The molecular weight excluding hydrogens is 249 g/mol. The lowest BCUT2D eigenvalue weighted by molar-refractivity contribution is -0.119. The van der Waals surface area contributed by atoms with Gasteiger partial charge in [0.25, 0.3) is 5.91 Å². The first-order chi connectivity index (χ1) is 8.73. The molecule has 6 heteroatoms. The van der Waals surface area contributed by atoms with Crippen LogP contribution in [0.15, 0.2) is 12.1 Å². The molecule has 2 amide bonds. The molecule has 0 bridgehead atoms. The molecule has 1 rings (SSSR count). The number of hydrogen-bond donors (Lipinski definition) is 2. The average Bonchev–Trinajstić information content (AvgIpc) is 2.29. The molecule has 0 radical (unpaired) electrons. The normalized spacial score (nSPS) is 10.6. The lowest BCUT2D eigenvalue weighted by Crippen LogP contribution is -2.43. The minimum atomic E-state index is -0.650. The molecule has 0 aliphatic carbocycles. The Labute approximate surface area is 111 Å². The molecule has 0 aliphatic rings. The number of nitrogen functional groups attached to an aromatic ring is 1. The van der Waals surface area contributed by atoms with Gasteiger partial charge in [0.1, 0.15) is 5.82 Å². The van der Waals surface area contributed by atoms with Crippen LogP contribution < -0.4 is 11.5 Å². The molecule has 0 spiro atoms. The summed E-state index contributed by atoms with van der Waals surface area (Å²) in [4.78, 5) is 24.5. The van der Waals surface area contributed by atoms with Crippen molar-refractivity contribution in [1.82, 2.24) is 4.90 Å². The van der Waals surface area contributed by atoms with Crippen molar-refractivity contribution in [2.24, 2.45) is 5.73 Å². The number of nitrogens with two attached hydrogens (primary N) is 2. The van der Waals surface area contributed by atoms with E-state index in [4.69, 9.17) is 11.5 Å². The number of hydrogen-bond acceptors (Lipinski definition) is 3. The van der Waals surface area contributed by atoms with E-state index in [1.54, 1.807) is 13.8 Å². The summed E-state index contributed by atoms with van der Waals surface area (Å²) in [6.07, 6.45) is 0. The lowest BCUT2D eigenvalue weighted by atomic mass is 10.1. The van der Waals surface area contributed by atoms with Crippen molar-refractivity contribution in [3.05, 3.63) is 29.1 Å². The van der Waals surface area contributed by atoms with E-state index in [0.29, 0.717) is 5.69 Å². The Balaban J connectivity index is 3.20. The van der Waals surface area contributed by atoms with E-state index < -0.39 is 17.6 Å². The fourth-order valence-electron chi connectivity index (χ4n) is 1.76. The van der Waals surface area contributed by atoms with Crippen molar-refractivity contribution < 1.29 is 14.0 Å². The maximum absolute atomic E-state index is 14.0. The van der Waals surface area contributed by atoms with E-state index >= 15 is 0 Å². The van der Waals surface area contributed by atoms with E-state index in [1.807, 2.05) is 0 Å². The van der Waals surface area contributed by atoms with E-state index in [-0.39, 0.29) is 23.7 Å². The van der Waals surface area contributed by atoms with Gasteiger partial charge < -0.3 is 16.4 Å². The summed E-state index contributed by atoms with van der Waals surface area (Å²) in [5, 5.41) is 0. The smallest absolute Gasteiger partial charge is 0.257 e. The minimum absolute atomic E-state index is 0.146. The Kier molecular flexibility index (Phi) is 4.47. The van der Waals surface area contributed by atoms with Gasteiger partial charge in [-0.25, -0.2) is 4.39 Å². The summed E-state index contributed by atoms with van der Waals surface area (Å²) in [7, 11) is 0. The first-order valence-electron chi connectivity index (χ1n) is 5.89. The molecule has 0 aromatic heterocycles. The van der Waals surface area contributed by atoms with Crippen LogP contribution in [0.3, 0.4) is 0 Å². The van der Waals surface area contributed by atoms with Gasteiger partial charge in [0.2, 0.25) is 5.91 Å². The standard InChI is InChI=1S/C13H18FN3O2/c1-7(2)17(6-11(16)18)13(19)10-5-9(15)4-8(3)12(10)14/h4-5,7H,6,15H2,1-3H3,(H2,16,18). The maximum atomic E-state index is 14.0. The third kappa shape index (κ3) is 3.43. The highest BCUT2D eigenvalue weighted by Gasteiger charge is 2.24. The summed E-state index contributed by atoms with van der Waals surface area (Å²) in [6, 6.07) is 2.43. The second-order valence-electron chi connectivity index (χ2n) is 4.69. The van der Waals surface area contributed by atoms with Gasteiger partial charge in [0.15, 0.2) is 0 Å². The molecule has 104 valence electrons. The zero-order chi connectivity index (χ0) is 14.7. The molecule has 1 aromatic rings. The summed E-state index contributed by atoms with van der Waals surface area (Å²) >= 11 is 0. The highest BCUT2D eigenvalue weighted by Crippen LogP contribution is 2.19. The predicted molar refractivity (Wildman–Crippen MR) is 70.9 cm³/mol. The van der Waals surface area contributed by atoms with Crippen LogP contribution in [0.1, 0.15) is 29.8 Å². The molecular formula is C13H18FN3O2. The van der Waals surface area contributed by atoms with Crippen LogP contribution in [-0.2, 0) is 4.79 Å². The van der Waals surface area contributed by atoms with Crippen molar-refractivity contribution in [3.63, 3.8) is 0 Å². The van der Waals surface area contributed by atoms with Crippen molar-refractivity contribution in [2.45, 2.75) is 26.8 Å². The quantitative estimate of drug-likeness (QED) is 0.799. The van der Waals surface area contributed by atoms with E-state index in [1.165, 1.54) is 24.0 Å². The summed E-state index contributed by atoms with van der Waals surface area (Å²) in [6.45, 7) is 4.70. The molecule has 0 unspecified atom stereocenters. The first kappa shape index (κ1) is 14.9. The van der Waals surface area contributed by atoms with Crippen LogP contribution in [0.25, 0.3) is 0 Å². The van der Waals surface area contributed by atoms with Crippen molar-refractivity contribution in [2.75, 3.05) is 12.3 Å². The molecule has 1 aromatic carbocycles. The highest BCUT2D eigenvalue weighted by molar-refractivity contribution is 5.97. The van der Waals surface area contributed by atoms with Crippen molar-refractivity contribution >= 4 is 17.5 Å². The van der Waals surface area contributed by atoms with Crippen LogP contribution in [-0.4, -0.2) is 29.3 Å². The summed E-state index contributed by atoms with van der Waals surface area (Å²) in [5.41, 5.74) is 11.1. The fourth-order valence-corrected chi connectivity index (χ4v) is 1.76. The Morgan fingerprint density at radius 3 is 2.42 bits per heavy atom. The average molecular weight is 267 g/mol. The van der Waals surface area contributed by atoms with Crippen molar-refractivity contribution in [3.8, 4) is 0 Å². The van der Waals surface area contributed by atoms with Gasteiger partial charge in [-0.1, -0.05) is 0 Å². The van der Waals surface area contributed by atoms with Crippen LogP contribution in [0, 0.1) is 12.7 Å². The maximum Gasteiger partial charge on any atom is 0.257 e. The molecule has 0 atom stereocenters. The Morgan fingerprint density at radius 2 is 1.95 bits per heavy atom. The molecule has 0 saturated carbocycles. The van der Waals surface area contributed by atoms with Gasteiger partial charge in [0.05, 0.1) is 12.1 Å². The molecule has 0 fully saturated rings. The van der Waals surface area contributed by atoms with Gasteiger partial charge in [0, 0.05) is 11.7 Å². The highest BCUT2D eigenvalue weighted by atomic mass is 19.1. The number of nitrogens with zero attached hydrogens (tertiary/aromatic N) is 1. The Bertz CT molecular complexity index is 515. The van der Waals surface area contributed by atoms with Crippen LogP contribution in [0.5, 0.6) is 0 Å². The number of halogens is 1. The van der Waals surface area contributed by atoms with E-state index in [2.05, 4.69) is 0 Å². The van der Waals surface area contributed by atoms with E-state index in [9.17, 15) is 14.0 Å². The second kappa shape index (κ2) is 5.69. The predicted octanol–water partition coefficient (Wildman–Crippen LogP) is 1.05. The molecule has 0 saturated heterocycles. The van der Waals surface area contributed by atoms with Gasteiger partial charge in [-0.15, -0.1) is 0 Å². The molecule has 5 nitrogen and oxygen atoms in total. The second-order valence-corrected chi connectivity index (χ2v) is 4.69. The van der Waals surface area contributed by atoms with E-state index in [0.717, 1.165) is 0 Å². The summed E-state index contributed by atoms with van der Waals surface area (Å²) in [5.74, 6) is -1.88. The monoisotopic (exact) mass is 267 g/mol. The molecule has 0 heterocycles. The molecule has 4 N–H and O–H groups in total. The third-order valence-electron chi connectivity index (χ3n) is 2.72. The van der Waals surface area contributed by atoms with Crippen LogP contribution in [0.4, 0.5) is 10.1 Å². The van der Waals surface area contributed by atoms with Gasteiger partial charge in [-0.2, -0.15) is 0 Å². The molecule has 0 aliphatic heterocycles. The number of rotatable bonds is 4. The van der Waals surface area contributed by atoms with Gasteiger partial charge >= 0.3 is 0 Å². The van der Waals surface area contributed by atoms with Crippen LogP contribution in [0.2, 0.25) is 0 Å². The molecule has 19 heavy (non-hydrogen) atoms. The number of carbonyl (C=O) groups excluding carboxylic acids is 2. The number of anilines is 1. The van der Waals surface area contributed by atoms with Crippen LogP contribution >= 0.6 is 0 Å². The van der Waals surface area contributed by atoms with Gasteiger partial charge in [-0.05, 0) is 38.5 Å². The number of aryl methyl sites for hydroxylation is 1. The zero-order valence-corrected chi connectivity index (χ0v) is 11.2. The third-order valence-corrected chi connectivity index (χ3v) is 2.72. The topological polar surface area (TPSA) is 89.4 Å². The first-order valence-corrected chi connectivity index (χ1v) is 5.89. The summed E-state index contributed by atoms with van der Waals surface area (Å²) < 4.78 is 14.0. The largest absolute Gasteiger partial charge is 0.399 e. The number of amides is 2. The number of benzene rings is 1. The minimum Gasteiger partial charge on any atom is -0.399 e. The van der Waals surface area contributed by atoms with Gasteiger partial charge in [-0.3, -0.25) is 9.59 Å². The number of primary amides is 1. The Hall–Kier alpha value is -2.11. The number of carbonyl (C=O) groups is 2. The lowest BCUT2D eigenvalue weighted by Gasteiger charge is -2.25. The SMILES string of the molecule is Cc1cc(N)cc(C(=O)N(CC(N)=O)C(C)C)c1F. The zero-order valence-electron chi connectivity index (χ0n) is 11.2. The Morgan fingerprint density at radius 1 is 1.37 bits per heavy atom.